The second-order valence-electron chi connectivity index (χ2n) is 7.92. The molecule has 2 aromatic rings. The predicted octanol–water partition coefficient (Wildman–Crippen LogP) is 2.87. The maximum Gasteiger partial charge on any atom is 0.223 e. The minimum Gasteiger partial charge on any atom is -0.378 e. The fourth-order valence-electron chi connectivity index (χ4n) is 4.26. The molecule has 0 spiro atoms. The third kappa shape index (κ3) is 4.82. The lowest BCUT2D eigenvalue weighted by molar-refractivity contribution is -0.125. The maximum absolute atomic E-state index is 12.8. The first-order valence-corrected chi connectivity index (χ1v) is 10.7. The summed E-state index contributed by atoms with van der Waals surface area (Å²) in [6, 6.07) is 15.9. The number of aldehydes is 1. The highest BCUT2D eigenvalue weighted by molar-refractivity contribution is 5.79. The molecule has 2 aliphatic heterocycles. The summed E-state index contributed by atoms with van der Waals surface area (Å²) in [5.74, 6) is 0.189. The van der Waals surface area contributed by atoms with Gasteiger partial charge in [0, 0.05) is 55.6 Å². The third-order valence-corrected chi connectivity index (χ3v) is 6.06. The van der Waals surface area contributed by atoms with Crippen molar-refractivity contribution in [2.24, 2.45) is 5.92 Å². The summed E-state index contributed by atoms with van der Waals surface area (Å²) < 4.78 is 5.46. The predicted molar refractivity (Wildman–Crippen MR) is 118 cm³/mol. The van der Waals surface area contributed by atoms with Crippen LogP contribution in [0.3, 0.4) is 0 Å². The van der Waals surface area contributed by atoms with Crippen LogP contribution in [0.15, 0.2) is 48.5 Å². The number of morpholine rings is 1. The number of para-hydroxylation sites is 1. The maximum atomic E-state index is 12.8. The monoisotopic (exact) mass is 407 g/mol. The summed E-state index contributed by atoms with van der Waals surface area (Å²) >= 11 is 0. The summed E-state index contributed by atoms with van der Waals surface area (Å²) in [6.45, 7) is 5.52. The highest BCUT2D eigenvalue weighted by atomic mass is 16.5. The van der Waals surface area contributed by atoms with E-state index in [1.54, 1.807) is 0 Å². The molecule has 2 saturated heterocycles. The fourth-order valence-corrected chi connectivity index (χ4v) is 4.26. The van der Waals surface area contributed by atoms with Gasteiger partial charge in [0.2, 0.25) is 5.91 Å². The number of nitrogens with zero attached hydrogens (tertiary/aromatic N) is 2. The zero-order chi connectivity index (χ0) is 20.8. The Kier molecular flexibility index (Phi) is 6.64. The van der Waals surface area contributed by atoms with E-state index in [4.69, 9.17) is 4.74 Å². The molecule has 158 valence electrons. The molecule has 0 aliphatic carbocycles. The summed E-state index contributed by atoms with van der Waals surface area (Å²) in [7, 11) is 0. The summed E-state index contributed by atoms with van der Waals surface area (Å²) in [4.78, 5) is 28.2. The minimum absolute atomic E-state index is 0.0473. The highest BCUT2D eigenvalue weighted by Gasteiger charge is 2.25. The number of rotatable bonds is 6. The zero-order valence-corrected chi connectivity index (χ0v) is 17.3. The van der Waals surface area contributed by atoms with Gasteiger partial charge in [-0.2, -0.15) is 0 Å². The number of carbonyl (C=O) groups is 2. The number of anilines is 2. The van der Waals surface area contributed by atoms with Crippen LogP contribution < -0.4 is 15.1 Å². The number of benzene rings is 2. The number of nitrogens with one attached hydrogen (secondary N) is 1. The Labute approximate surface area is 177 Å². The molecule has 2 aliphatic rings. The van der Waals surface area contributed by atoms with Crippen molar-refractivity contribution in [2.75, 3.05) is 49.2 Å². The van der Waals surface area contributed by atoms with E-state index in [0.717, 1.165) is 69.8 Å². The van der Waals surface area contributed by atoms with Gasteiger partial charge >= 0.3 is 0 Å². The third-order valence-electron chi connectivity index (χ3n) is 6.06. The summed E-state index contributed by atoms with van der Waals surface area (Å²) in [6.07, 6.45) is 2.54. The lowest BCUT2D eigenvalue weighted by Crippen LogP contribution is -2.41. The molecule has 0 saturated carbocycles. The molecule has 2 aromatic carbocycles. The standard InChI is InChI=1S/C24H29N3O3/c28-18-19-5-7-22(8-6-19)26-11-9-20(10-12-26)24(29)25-17-21-3-1-2-4-23(21)27-13-15-30-16-14-27/h1-8,18,20H,9-17H2,(H,25,29). The summed E-state index contributed by atoms with van der Waals surface area (Å²) in [5.41, 5.74) is 4.14. The van der Waals surface area contributed by atoms with Gasteiger partial charge in [-0.1, -0.05) is 18.2 Å². The lowest BCUT2D eigenvalue weighted by Gasteiger charge is -2.33. The van der Waals surface area contributed by atoms with Gasteiger partial charge in [-0.3, -0.25) is 9.59 Å². The number of ether oxygens (including phenoxy) is 1. The average Bonchev–Trinajstić information content (AvgIpc) is 2.83. The van der Waals surface area contributed by atoms with Crippen molar-refractivity contribution >= 4 is 23.6 Å². The molecular weight excluding hydrogens is 378 g/mol. The second kappa shape index (κ2) is 9.76. The highest BCUT2D eigenvalue weighted by Crippen LogP contribution is 2.25. The van der Waals surface area contributed by atoms with E-state index < -0.39 is 0 Å². The lowest BCUT2D eigenvalue weighted by atomic mass is 9.95. The van der Waals surface area contributed by atoms with Crippen molar-refractivity contribution in [3.8, 4) is 0 Å². The average molecular weight is 408 g/mol. The number of amides is 1. The van der Waals surface area contributed by atoms with E-state index in [1.807, 2.05) is 36.4 Å². The van der Waals surface area contributed by atoms with Crippen LogP contribution >= 0.6 is 0 Å². The quantitative estimate of drug-likeness (QED) is 0.746. The van der Waals surface area contributed by atoms with Crippen molar-refractivity contribution in [1.29, 1.82) is 0 Å². The number of hydrogen-bond acceptors (Lipinski definition) is 5. The fraction of sp³-hybridized carbons (Fsp3) is 0.417. The molecule has 1 N–H and O–H groups in total. The Bertz CT molecular complexity index is 854. The van der Waals surface area contributed by atoms with E-state index in [0.29, 0.717) is 12.1 Å². The molecular formula is C24H29N3O3. The SMILES string of the molecule is O=Cc1ccc(N2CCC(C(=O)NCc3ccccc3N3CCOCC3)CC2)cc1. The van der Waals surface area contributed by atoms with E-state index in [9.17, 15) is 9.59 Å². The first-order chi connectivity index (χ1) is 14.7. The molecule has 6 nitrogen and oxygen atoms in total. The molecule has 1 amide bonds. The van der Waals surface area contributed by atoms with E-state index >= 15 is 0 Å². The van der Waals surface area contributed by atoms with Gasteiger partial charge in [-0.05, 0) is 48.7 Å². The van der Waals surface area contributed by atoms with Crippen LogP contribution in [0.4, 0.5) is 11.4 Å². The van der Waals surface area contributed by atoms with Crippen molar-refractivity contribution in [2.45, 2.75) is 19.4 Å². The van der Waals surface area contributed by atoms with Crippen molar-refractivity contribution in [3.05, 3.63) is 59.7 Å². The molecule has 0 atom stereocenters. The van der Waals surface area contributed by atoms with Crippen LogP contribution in [0.5, 0.6) is 0 Å². The van der Waals surface area contributed by atoms with Crippen molar-refractivity contribution < 1.29 is 14.3 Å². The van der Waals surface area contributed by atoms with Crippen molar-refractivity contribution in [1.82, 2.24) is 5.32 Å². The van der Waals surface area contributed by atoms with Crippen LogP contribution in [0.2, 0.25) is 0 Å². The Balaban J connectivity index is 1.30. The van der Waals surface area contributed by atoms with Gasteiger partial charge in [0.1, 0.15) is 6.29 Å². The van der Waals surface area contributed by atoms with Crippen LogP contribution in [0.25, 0.3) is 0 Å². The zero-order valence-electron chi connectivity index (χ0n) is 17.3. The number of hydrogen-bond donors (Lipinski definition) is 1. The van der Waals surface area contributed by atoms with Crippen LogP contribution in [-0.2, 0) is 16.1 Å². The first kappa shape index (κ1) is 20.4. The number of carbonyl (C=O) groups excluding carboxylic acids is 2. The number of piperidine rings is 1. The van der Waals surface area contributed by atoms with Gasteiger partial charge in [0.15, 0.2) is 0 Å². The largest absolute Gasteiger partial charge is 0.378 e. The normalized spacial score (nSPS) is 17.6. The van der Waals surface area contributed by atoms with Gasteiger partial charge in [-0.15, -0.1) is 0 Å². The molecule has 0 unspecified atom stereocenters. The van der Waals surface area contributed by atoms with E-state index in [2.05, 4.69) is 27.2 Å². The van der Waals surface area contributed by atoms with E-state index in [-0.39, 0.29) is 11.8 Å². The summed E-state index contributed by atoms with van der Waals surface area (Å²) in [5, 5.41) is 3.16. The minimum atomic E-state index is 0.0473. The van der Waals surface area contributed by atoms with Crippen LogP contribution in [0.1, 0.15) is 28.8 Å². The molecule has 6 heteroatoms. The van der Waals surface area contributed by atoms with Crippen LogP contribution in [-0.4, -0.2) is 51.6 Å². The molecule has 0 bridgehead atoms. The molecule has 2 heterocycles. The van der Waals surface area contributed by atoms with Gasteiger partial charge in [0.25, 0.3) is 0 Å². The first-order valence-electron chi connectivity index (χ1n) is 10.7. The van der Waals surface area contributed by atoms with Gasteiger partial charge < -0.3 is 19.9 Å². The molecule has 30 heavy (non-hydrogen) atoms. The van der Waals surface area contributed by atoms with E-state index in [1.165, 1.54) is 5.69 Å². The Hall–Kier alpha value is -2.86. The molecule has 4 rings (SSSR count). The molecule has 2 fully saturated rings. The van der Waals surface area contributed by atoms with Gasteiger partial charge in [-0.25, -0.2) is 0 Å². The topological polar surface area (TPSA) is 61.9 Å². The van der Waals surface area contributed by atoms with Crippen molar-refractivity contribution in [3.63, 3.8) is 0 Å². The van der Waals surface area contributed by atoms with Crippen LogP contribution in [0, 0.1) is 5.92 Å². The van der Waals surface area contributed by atoms with Gasteiger partial charge in [0.05, 0.1) is 13.2 Å². The molecule has 0 radical (unpaired) electrons. The molecule has 0 aromatic heterocycles. The Morgan fingerprint density at radius 1 is 0.967 bits per heavy atom. The smallest absolute Gasteiger partial charge is 0.223 e. The second-order valence-corrected chi connectivity index (χ2v) is 7.92. The Morgan fingerprint density at radius 3 is 2.37 bits per heavy atom. The Morgan fingerprint density at radius 2 is 1.67 bits per heavy atom.